The van der Waals surface area contributed by atoms with Crippen LogP contribution in [0.2, 0.25) is 0 Å². The number of halogens is 3. The highest BCUT2D eigenvalue weighted by molar-refractivity contribution is 5.67. The molecule has 0 aliphatic rings. The van der Waals surface area contributed by atoms with Gasteiger partial charge in [-0.25, -0.2) is 4.98 Å². The van der Waals surface area contributed by atoms with E-state index in [0.29, 0.717) is 11.3 Å². The van der Waals surface area contributed by atoms with Crippen molar-refractivity contribution in [3.8, 4) is 11.3 Å². The van der Waals surface area contributed by atoms with Gasteiger partial charge < -0.3 is 5.32 Å². The molecule has 1 aromatic heterocycles. The maximum absolute atomic E-state index is 12.9. The van der Waals surface area contributed by atoms with Gasteiger partial charge in [-0.15, -0.1) is 0 Å². The molecule has 1 N–H and O–H groups in total. The second kappa shape index (κ2) is 5.15. The fourth-order valence-corrected chi connectivity index (χ4v) is 1.97. The summed E-state index contributed by atoms with van der Waals surface area (Å²) in [7, 11) is 1.55. The first-order valence-corrected chi connectivity index (χ1v) is 6.16. The Labute approximate surface area is 115 Å². The van der Waals surface area contributed by atoms with Crippen molar-refractivity contribution in [3.63, 3.8) is 0 Å². The number of hydrogen-bond donors (Lipinski definition) is 1. The quantitative estimate of drug-likeness (QED) is 0.880. The largest absolute Gasteiger partial charge is 0.416 e. The lowest BCUT2D eigenvalue weighted by atomic mass is 10.0. The molecule has 1 aromatic carbocycles. The van der Waals surface area contributed by atoms with Gasteiger partial charge >= 0.3 is 6.18 Å². The SMILES string of the molecule is CNc1cc(C(F)(F)F)cc(-c2cc(C)ccc2C)n1. The summed E-state index contributed by atoms with van der Waals surface area (Å²) in [5, 5.41) is 2.67. The van der Waals surface area contributed by atoms with E-state index in [4.69, 9.17) is 0 Å². The fraction of sp³-hybridized carbons (Fsp3) is 0.267. The van der Waals surface area contributed by atoms with Crippen LogP contribution in [-0.2, 0) is 6.18 Å². The third kappa shape index (κ3) is 2.92. The third-order valence-electron chi connectivity index (χ3n) is 3.08. The first-order chi connectivity index (χ1) is 9.31. The van der Waals surface area contributed by atoms with Crippen molar-refractivity contribution in [2.75, 3.05) is 12.4 Å². The summed E-state index contributed by atoms with van der Waals surface area (Å²) in [6.45, 7) is 3.76. The second-order valence-corrected chi connectivity index (χ2v) is 4.69. The number of hydrogen-bond acceptors (Lipinski definition) is 2. The minimum Gasteiger partial charge on any atom is -0.373 e. The Morgan fingerprint density at radius 3 is 2.35 bits per heavy atom. The number of anilines is 1. The van der Waals surface area contributed by atoms with Crippen LogP contribution in [0.15, 0.2) is 30.3 Å². The molecule has 0 amide bonds. The molecule has 0 aliphatic heterocycles. The molecule has 106 valence electrons. The molecule has 0 aliphatic carbocycles. The van der Waals surface area contributed by atoms with Crippen LogP contribution in [0.4, 0.5) is 19.0 Å². The molecule has 1 heterocycles. The molecule has 0 radical (unpaired) electrons. The molecule has 2 rings (SSSR count). The van der Waals surface area contributed by atoms with E-state index in [1.807, 2.05) is 32.0 Å². The van der Waals surface area contributed by atoms with Crippen LogP contribution < -0.4 is 5.32 Å². The summed E-state index contributed by atoms with van der Waals surface area (Å²) < 4.78 is 38.8. The Morgan fingerprint density at radius 2 is 1.75 bits per heavy atom. The smallest absolute Gasteiger partial charge is 0.373 e. The number of alkyl halides is 3. The van der Waals surface area contributed by atoms with Crippen LogP contribution >= 0.6 is 0 Å². The highest BCUT2D eigenvalue weighted by atomic mass is 19.4. The van der Waals surface area contributed by atoms with Gasteiger partial charge in [0, 0.05) is 12.6 Å². The van der Waals surface area contributed by atoms with Crippen molar-refractivity contribution in [1.82, 2.24) is 4.98 Å². The molecule has 5 heteroatoms. The maximum atomic E-state index is 12.9. The molecule has 0 atom stereocenters. The van der Waals surface area contributed by atoms with Gasteiger partial charge in [-0.1, -0.05) is 17.7 Å². The monoisotopic (exact) mass is 280 g/mol. The number of aromatic nitrogens is 1. The average Bonchev–Trinajstić information content (AvgIpc) is 2.40. The predicted molar refractivity (Wildman–Crippen MR) is 73.7 cm³/mol. The van der Waals surface area contributed by atoms with Crippen molar-refractivity contribution >= 4 is 5.82 Å². The predicted octanol–water partition coefficient (Wildman–Crippen LogP) is 4.43. The van der Waals surface area contributed by atoms with Crippen LogP contribution in [0.3, 0.4) is 0 Å². The zero-order valence-corrected chi connectivity index (χ0v) is 11.5. The van der Waals surface area contributed by atoms with E-state index in [0.717, 1.165) is 23.3 Å². The average molecular weight is 280 g/mol. The number of pyridine rings is 1. The van der Waals surface area contributed by atoms with Gasteiger partial charge in [0.2, 0.25) is 0 Å². The summed E-state index contributed by atoms with van der Waals surface area (Å²) in [5.41, 5.74) is 2.21. The summed E-state index contributed by atoms with van der Waals surface area (Å²) >= 11 is 0. The Morgan fingerprint density at radius 1 is 1.05 bits per heavy atom. The number of rotatable bonds is 2. The van der Waals surface area contributed by atoms with E-state index in [2.05, 4.69) is 10.3 Å². The zero-order chi connectivity index (χ0) is 14.9. The van der Waals surface area contributed by atoms with Crippen molar-refractivity contribution in [1.29, 1.82) is 0 Å². The summed E-state index contributed by atoms with van der Waals surface area (Å²) in [6.07, 6.45) is -4.39. The highest BCUT2D eigenvalue weighted by Crippen LogP contribution is 2.34. The lowest BCUT2D eigenvalue weighted by molar-refractivity contribution is -0.137. The van der Waals surface area contributed by atoms with Gasteiger partial charge in [-0.3, -0.25) is 0 Å². The van der Waals surface area contributed by atoms with E-state index in [1.165, 1.54) is 0 Å². The van der Waals surface area contributed by atoms with E-state index < -0.39 is 11.7 Å². The Balaban J connectivity index is 2.64. The van der Waals surface area contributed by atoms with Gasteiger partial charge in [0.15, 0.2) is 0 Å². The Kier molecular flexibility index (Phi) is 3.70. The topological polar surface area (TPSA) is 24.9 Å². The first-order valence-electron chi connectivity index (χ1n) is 6.16. The first kappa shape index (κ1) is 14.4. The number of benzene rings is 1. The van der Waals surface area contributed by atoms with E-state index in [-0.39, 0.29) is 5.82 Å². The van der Waals surface area contributed by atoms with Crippen LogP contribution in [0.5, 0.6) is 0 Å². The molecule has 0 fully saturated rings. The van der Waals surface area contributed by atoms with Crippen molar-refractivity contribution in [2.24, 2.45) is 0 Å². The van der Waals surface area contributed by atoms with Crippen LogP contribution in [0.1, 0.15) is 16.7 Å². The molecule has 20 heavy (non-hydrogen) atoms. The lowest BCUT2D eigenvalue weighted by Crippen LogP contribution is -2.07. The molecule has 0 saturated carbocycles. The third-order valence-corrected chi connectivity index (χ3v) is 3.08. The Bertz CT molecular complexity index is 634. The summed E-state index contributed by atoms with van der Waals surface area (Å²) in [5.74, 6) is 0.204. The number of aryl methyl sites for hydroxylation is 2. The maximum Gasteiger partial charge on any atom is 0.416 e. The van der Waals surface area contributed by atoms with Crippen LogP contribution in [-0.4, -0.2) is 12.0 Å². The standard InChI is InChI=1S/C15H15F3N2/c1-9-4-5-10(2)12(6-9)13-7-11(15(16,17)18)8-14(19-3)20-13/h4-8H,1-3H3,(H,19,20). The van der Waals surface area contributed by atoms with Crippen LogP contribution in [0.25, 0.3) is 11.3 Å². The number of nitrogens with zero attached hydrogens (tertiary/aromatic N) is 1. The highest BCUT2D eigenvalue weighted by Gasteiger charge is 2.31. The minimum atomic E-state index is -4.39. The fourth-order valence-electron chi connectivity index (χ4n) is 1.97. The van der Waals surface area contributed by atoms with Gasteiger partial charge in [0.05, 0.1) is 11.3 Å². The second-order valence-electron chi connectivity index (χ2n) is 4.69. The summed E-state index contributed by atoms with van der Waals surface area (Å²) in [6, 6.07) is 7.74. The minimum absolute atomic E-state index is 0.204. The van der Waals surface area contributed by atoms with E-state index in [9.17, 15) is 13.2 Å². The normalized spacial score (nSPS) is 11.5. The van der Waals surface area contributed by atoms with Gasteiger partial charge in [0.1, 0.15) is 5.82 Å². The molecule has 0 unspecified atom stereocenters. The van der Waals surface area contributed by atoms with Gasteiger partial charge in [-0.2, -0.15) is 13.2 Å². The van der Waals surface area contributed by atoms with Gasteiger partial charge in [-0.05, 0) is 37.6 Å². The molecular formula is C15H15F3N2. The molecular weight excluding hydrogens is 265 g/mol. The van der Waals surface area contributed by atoms with Crippen LogP contribution in [0, 0.1) is 13.8 Å². The lowest BCUT2D eigenvalue weighted by Gasteiger charge is -2.13. The molecule has 0 spiro atoms. The Hall–Kier alpha value is -2.04. The van der Waals surface area contributed by atoms with Gasteiger partial charge in [0.25, 0.3) is 0 Å². The van der Waals surface area contributed by atoms with E-state index >= 15 is 0 Å². The van der Waals surface area contributed by atoms with Crippen molar-refractivity contribution in [2.45, 2.75) is 20.0 Å². The molecule has 2 aromatic rings. The summed E-state index contributed by atoms with van der Waals surface area (Å²) in [4.78, 5) is 4.23. The van der Waals surface area contributed by atoms with Crippen molar-refractivity contribution in [3.05, 3.63) is 47.0 Å². The molecule has 0 saturated heterocycles. The zero-order valence-electron chi connectivity index (χ0n) is 11.5. The molecule has 0 bridgehead atoms. The van der Waals surface area contributed by atoms with E-state index in [1.54, 1.807) is 7.05 Å². The number of nitrogens with one attached hydrogen (secondary N) is 1. The van der Waals surface area contributed by atoms with Crippen molar-refractivity contribution < 1.29 is 13.2 Å². The molecule has 2 nitrogen and oxygen atoms in total.